The second-order valence-corrected chi connectivity index (χ2v) is 10.7. The molecular weight excluding hydrogens is 464 g/mol. The molecule has 6 rings (SSSR count). The lowest BCUT2D eigenvalue weighted by Gasteiger charge is -2.39. The van der Waals surface area contributed by atoms with Crippen LogP contribution in [0.1, 0.15) is 12.5 Å². The van der Waals surface area contributed by atoms with Crippen molar-refractivity contribution in [3.63, 3.8) is 0 Å². The highest BCUT2D eigenvalue weighted by atomic mass is 32.2. The molecule has 0 N–H and O–H groups in total. The minimum absolute atomic E-state index is 0.263. The third-order valence-corrected chi connectivity index (χ3v) is 8.43. The first-order valence-electron chi connectivity index (χ1n) is 11.4. The molecule has 178 valence electrons. The van der Waals surface area contributed by atoms with E-state index in [1.807, 2.05) is 60.7 Å². The monoisotopic (exact) mass is 488 g/mol. The Kier molecular flexibility index (Phi) is 5.08. The van der Waals surface area contributed by atoms with Crippen molar-refractivity contribution in [2.45, 2.75) is 24.8 Å². The number of hydrogen-bond donors (Lipinski definition) is 0. The summed E-state index contributed by atoms with van der Waals surface area (Å²) in [6, 6.07) is 18.2. The van der Waals surface area contributed by atoms with Crippen LogP contribution in [-0.2, 0) is 10.0 Å². The summed E-state index contributed by atoms with van der Waals surface area (Å²) in [6.07, 6.45) is 1.60. The molecule has 5 aromatic rings. The molecule has 10 heteroatoms. The molecule has 0 radical (unpaired) electrons. The average molecular weight is 489 g/mol. The number of rotatable bonds is 4. The minimum Gasteiger partial charge on any atom is -0.461 e. The van der Waals surface area contributed by atoms with E-state index in [-0.39, 0.29) is 6.04 Å². The fraction of sp³-hybridized carbons (Fsp3) is 0.240. The topological polar surface area (TPSA) is 96.8 Å². The Morgan fingerprint density at radius 3 is 2.63 bits per heavy atom. The van der Waals surface area contributed by atoms with Crippen LogP contribution in [0.25, 0.3) is 28.1 Å². The van der Waals surface area contributed by atoms with Gasteiger partial charge in [0, 0.05) is 31.1 Å². The molecule has 1 saturated heterocycles. The summed E-state index contributed by atoms with van der Waals surface area (Å²) in [5.41, 5.74) is 2.40. The van der Waals surface area contributed by atoms with Gasteiger partial charge in [-0.2, -0.15) is 4.31 Å². The van der Waals surface area contributed by atoms with Crippen LogP contribution in [0.4, 0.5) is 5.95 Å². The van der Waals surface area contributed by atoms with Crippen molar-refractivity contribution in [3.05, 3.63) is 72.5 Å². The van der Waals surface area contributed by atoms with Crippen molar-refractivity contribution in [2.75, 3.05) is 24.5 Å². The Balaban J connectivity index is 1.42. The summed E-state index contributed by atoms with van der Waals surface area (Å²) < 4.78 is 35.9. The van der Waals surface area contributed by atoms with Gasteiger partial charge in [0.15, 0.2) is 11.4 Å². The number of anilines is 1. The maximum atomic E-state index is 13.4. The summed E-state index contributed by atoms with van der Waals surface area (Å²) in [5.74, 6) is 1.81. The average Bonchev–Trinajstić information content (AvgIpc) is 3.53. The number of fused-ring (bicyclic) bond motifs is 3. The molecule has 35 heavy (non-hydrogen) atoms. The lowest BCUT2D eigenvalue weighted by atomic mass is 10.2. The molecule has 0 aliphatic carbocycles. The first-order valence-corrected chi connectivity index (χ1v) is 12.9. The van der Waals surface area contributed by atoms with Crippen LogP contribution in [-0.4, -0.2) is 58.0 Å². The Bertz CT molecular complexity index is 1640. The Morgan fingerprint density at radius 2 is 1.86 bits per heavy atom. The minimum atomic E-state index is -3.61. The maximum absolute atomic E-state index is 13.4. The number of piperazine rings is 1. The molecule has 2 aromatic carbocycles. The molecule has 1 atom stereocenters. The van der Waals surface area contributed by atoms with Gasteiger partial charge in [0.1, 0.15) is 0 Å². The van der Waals surface area contributed by atoms with Crippen molar-refractivity contribution in [1.82, 2.24) is 23.9 Å². The van der Waals surface area contributed by atoms with Crippen LogP contribution >= 0.6 is 0 Å². The molecule has 1 aliphatic rings. The predicted octanol–water partition coefficient (Wildman–Crippen LogP) is 3.75. The lowest BCUT2D eigenvalue weighted by molar-refractivity contribution is 0.304. The fourth-order valence-electron chi connectivity index (χ4n) is 4.73. The van der Waals surface area contributed by atoms with Gasteiger partial charge in [-0.05, 0) is 55.8 Å². The van der Waals surface area contributed by atoms with Crippen molar-refractivity contribution in [2.24, 2.45) is 0 Å². The van der Waals surface area contributed by atoms with E-state index in [4.69, 9.17) is 9.40 Å². The highest BCUT2D eigenvalue weighted by Crippen LogP contribution is 2.30. The third kappa shape index (κ3) is 3.57. The van der Waals surface area contributed by atoms with E-state index in [0.717, 1.165) is 16.5 Å². The van der Waals surface area contributed by atoms with Crippen LogP contribution in [0.15, 0.2) is 76.2 Å². The van der Waals surface area contributed by atoms with Crippen molar-refractivity contribution < 1.29 is 12.8 Å². The number of para-hydroxylation sites is 1. The van der Waals surface area contributed by atoms with E-state index in [1.54, 1.807) is 28.8 Å². The highest BCUT2D eigenvalue weighted by molar-refractivity contribution is 7.89. The zero-order chi connectivity index (χ0) is 24.2. The molecule has 9 nitrogen and oxygen atoms in total. The quantitative estimate of drug-likeness (QED) is 0.380. The Morgan fingerprint density at radius 1 is 1.00 bits per heavy atom. The number of benzene rings is 2. The van der Waals surface area contributed by atoms with Gasteiger partial charge in [-0.3, -0.25) is 0 Å². The number of aryl methyl sites for hydroxylation is 1. The summed E-state index contributed by atoms with van der Waals surface area (Å²) in [5, 5.41) is 9.75. The van der Waals surface area contributed by atoms with E-state index in [2.05, 4.69) is 15.1 Å². The van der Waals surface area contributed by atoms with Gasteiger partial charge in [-0.15, -0.1) is 10.2 Å². The molecular formula is C25H24N6O3S. The second-order valence-electron chi connectivity index (χ2n) is 8.82. The summed E-state index contributed by atoms with van der Waals surface area (Å²) in [7, 11) is -3.61. The van der Waals surface area contributed by atoms with E-state index < -0.39 is 10.0 Å². The first kappa shape index (κ1) is 21.8. The first-order chi connectivity index (χ1) is 16.9. The van der Waals surface area contributed by atoms with E-state index in [9.17, 15) is 8.42 Å². The number of sulfonamides is 1. The highest BCUT2D eigenvalue weighted by Gasteiger charge is 2.35. The van der Waals surface area contributed by atoms with Crippen LogP contribution in [0.5, 0.6) is 0 Å². The van der Waals surface area contributed by atoms with Gasteiger partial charge < -0.3 is 9.32 Å². The molecule has 0 bridgehead atoms. The molecule has 1 fully saturated rings. The predicted molar refractivity (Wildman–Crippen MR) is 133 cm³/mol. The van der Waals surface area contributed by atoms with Gasteiger partial charge in [0.05, 0.1) is 16.7 Å². The van der Waals surface area contributed by atoms with Gasteiger partial charge in [0.2, 0.25) is 21.8 Å². The van der Waals surface area contributed by atoms with Gasteiger partial charge in [-0.1, -0.05) is 24.3 Å². The van der Waals surface area contributed by atoms with Crippen LogP contribution < -0.4 is 4.90 Å². The number of furan rings is 1. The molecule has 4 heterocycles. The number of hydrogen-bond acceptors (Lipinski definition) is 7. The Labute approximate surface area is 202 Å². The molecule has 0 saturated carbocycles. The molecule has 1 unspecified atom stereocenters. The van der Waals surface area contributed by atoms with Gasteiger partial charge in [0.25, 0.3) is 0 Å². The standard InChI is InChI=1S/C25H24N6O3S/c1-17-7-5-8-19(15-17)35(32,33)30-13-12-29(16-18(30)2)25-26-21-10-4-3-9-20(21)23-27-28-24(31(23)25)22-11-6-14-34-22/h3-11,14-15,18H,12-13,16H2,1-2H3. The largest absolute Gasteiger partial charge is 0.461 e. The third-order valence-electron chi connectivity index (χ3n) is 6.42. The SMILES string of the molecule is Cc1cccc(S(=O)(=O)N2CCN(c3nc4ccccc4c4nnc(-c5ccco5)n34)CC2C)c1. The van der Waals surface area contributed by atoms with Crippen molar-refractivity contribution in [1.29, 1.82) is 0 Å². The summed E-state index contributed by atoms with van der Waals surface area (Å²) in [4.78, 5) is 7.38. The van der Waals surface area contributed by atoms with E-state index >= 15 is 0 Å². The normalized spacial score (nSPS) is 17.4. The number of nitrogens with zero attached hydrogens (tertiary/aromatic N) is 6. The zero-order valence-corrected chi connectivity index (χ0v) is 20.2. The summed E-state index contributed by atoms with van der Waals surface area (Å²) in [6.45, 7) is 5.11. The number of aromatic nitrogens is 4. The molecule has 1 aliphatic heterocycles. The lowest BCUT2D eigenvalue weighted by Crippen LogP contribution is -2.54. The summed E-state index contributed by atoms with van der Waals surface area (Å²) >= 11 is 0. The van der Waals surface area contributed by atoms with Gasteiger partial charge >= 0.3 is 0 Å². The van der Waals surface area contributed by atoms with Crippen LogP contribution in [0.2, 0.25) is 0 Å². The zero-order valence-electron chi connectivity index (χ0n) is 19.4. The smallest absolute Gasteiger partial charge is 0.243 e. The molecule has 0 amide bonds. The van der Waals surface area contributed by atoms with Crippen molar-refractivity contribution >= 4 is 32.5 Å². The van der Waals surface area contributed by atoms with E-state index in [0.29, 0.717) is 47.7 Å². The van der Waals surface area contributed by atoms with Crippen LogP contribution in [0, 0.1) is 6.92 Å². The van der Waals surface area contributed by atoms with Gasteiger partial charge in [-0.25, -0.2) is 17.8 Å². The second kappa shape index (κ2) is 8.17. The molecule has 3 aromatic heterocycles. The van der Waals surface area contributed by atoms with Crippen molar-refractivity contribution in [3.8, 4) is 11.6 Å². The van der Waals surface area contributed by atoms with Crippen LogP contribution in [0.3, 0.4) is 0 Å². The maximum Gasteiger partial charge on any atom is 0.243 e. The van der Waals surface area contributed by atoms with E-state index in [1.165, 1.54) is 0 Å². The fourth-order valence-corrected chi connectivity index (χ4v) is 6.45. The molecule has 0 spiro atoms. The Hall–Kier alpha value is -3.76.